The van der Waals surface area contributed by atoms with Crippen molar-refractivity contribution in [3.63, 3.8) is 0 Å². The highest BCUT2D eigenvalue weighted by Gasteiger charge is 2.48. The summed E-state index contributed by atoms with van der Waals surface area (Å²) in [4.78, 5) is 19.0. The number of amidine groups is 1. The third-order valence-electron chi connectivity index (χ3n) is 6.43. The van der Waals surface area contributed by atoms with Crippen LogP contribution in [0.3, 0.4) is 0 Å². The molecule has 3 heterocycles. The van der Waals surface area contributed by atoms with Crippen molar-refractivity contribution in [1.82, 2.24) is 4.90 Å². The first-order valence-corrected chi connectivity index (χ1v) is 13.3. The predicted molar refractivity (Wildman–Crippen MR) is 116 cm³/mol. The first-order valence-electron chi connectivity index (χ1n) is 10.6. The molecule has 7 nitrogen and oxygen atoms in total. The van der Waals surface area contributed by atoms with Crippen molar-refractivity contribution in [1.29, 1.82) is 0 Å². The van der Waals surface area contributed by atoms with Gasteiger partial charge in [0.2, 0.25) is 12.7 Å². The lowest BCUT2D eigenvalue weighted by Gasteiger charge is -2.24. The van der Waals surface area contributed by atoms with E-state index in [0.29, 0.717) is 35.6 Å². The fourth-order valence-electron chi connectivity index (χ4n) is 4.85. The number of thioether (sulfide) groups is 1. The van der Waals surface area contributed by atoms with E-state index >= 15 is 0 Å². The molecule has 0 aromatic heterocycles. The lowest BCUT2D eigenvalue weighted by Crippen LogP contribution is -2.37. The highest BCUT2D eigenvalue weighted by molar-refractivity contribution is 8.15. The highest BCUT2D eigenvalue weighted by Crippen LogP contribution is 2.40. The zero-order valence-corrected chi connectivity index (χ0v) is 18.4. The quantitative estimate of drug-likeness (QED) is 0.682. The number of sulfone groups is 1. The fraction of sp³-hybridized carbons (Fsp3) is 0.619. The van der Waals surface area contributed by atoms with E-state index in [-0.39, 0.29) is 35.5 Å². The van der Waals surface area contributed by atoms with Crippen molar-refractivity contribution >= 4 is 32.7 Å². The van der Waals surface area contributed by atoms with Crippen LogP contribution in [0.2, 0.25) is 0 Å². The molecule has 2 atom stereocenters. The molecule has 3 aliphatic heterocycles. The van der Waals surface area contributed by atoms with Crippen molar-refractivity contribution in [3.8, 4) is 11.5 Å². The molecular formula is C21H26N2O5S2. The molecule has 5 rings (SSSR count). The molecule has 30 heavy (non-hydrogen) atoms. The minimum Gasteiger partial charge on any atom is -0.454 e. The normalized spacial score (nSPS) is 28.4. The van der Waals surface area contributed by atoms with Gasteiger partial charge >= 0.3 is 0 Å². The van der Waals surface area contributed by atoms with Crippen molar-refractivity contribution in [2.24, 2.45) is 10.9 Å². The van der Waals surface area contributed by atoms with Gasteiger partial charge in [-0.25, -0.2) is 8.42 Å². The Bertz CT molecular complexity index is 972. The molecule has 1 amide bonds. The zero-order chi connectivity index (χ0) is 20.7. The minimum atomic E-state index is -3.06. The lowest BCUT2D eigenvalue weighted by molar-refractivity contribution is -0.118. The van der Waals surface area contributed by atoms with Gasteiger partial charge in [0, 0.05) is 18.2 Å². The van der Waals surface area contributed by atoms with Gasteiger partial charge in [-0.3, -0.25) is 4.79 Å². The molecule has 1 aromatic carbocycles. The topological polar surface area (TPSA) is 85.3 Å². The van der Waals surface area contributed by atoms with Crippen molar-refractivity contribution in [2.75, 3.05) is 18.3 Å². The number of carbonyl (C=O) groups excluding carboxylic acids is 1. The Morgan fingerprint density at radius 3 is 2.80 bits per heavy atom. The number of benzene rings is 1. The van der Waals surface area contributed by atoms with E-state index in [9.17, 15) is 13.2 Å². The number of carbonyl (C=O) groups is 1. The number of fused-ring (bicyclic) bond motifs is 2. The van der Waals surface area contributed by atoms with E-state index < -0.39 is 9.84 Å². The monoisotopic (exact) mass is 450 g/mol. The Morgan fingerprint density at radius 1 is 1.17 bits per heavy atom. The summed E-state index contributed by atoms with van der Waals surface area (Å²) in [6, 6.07) is 5.59. The molecule has 0 bridgehead atoms. The Labute approximate surface area is 181 Å². The van der Waals surface area contributed by atoms with E-state index in [1.165, 1.54) is 37.4 Å². The summed E-state index contributed by atoms with van der Waals surface area (Å²) < 4.78 is 35.2. The van der Waals surface area contributed by atoms with Crippen molar-refractivity contribution in [2.45, 2.75) is 56.4 Å². The van der Waals surface area contributed by atoms with Crippen molar-refractivity contribution in [3.05, 3.63) is 23.8 Å². The first kappa shape index (κ1) is 20.2. The van der Waals surface area contributed by atoms with Crippen LogP contribution in [-0.2, 0) is 21.2 Å². The predicted octanol–water partition coefficient (Wildman–Crippen LogP) is 2.98. The zero-order valence-electron chi connectivity index (χ0n) is 16.8. The first-order chi connectivity index (χ1) is 14.5. The molecule has 0 unspecified atom stereocenters. The van der Waals surface area contributed by atoms with Crippen LogP contribution in [0.15, 0.2) is 23.2 Å². The summed E-state index contributed by atoms with van der Waals surface area (Å²) in [7, 11) is -3.06. The number of ether oxygens (including phenoxy) is 2. The van der Waals surface area contributed by atoms with Gasteiger partial charge in [-0.2, -0.15) is 4.99 Å². The molecular weight excluding hydrogens is 424 g/mol. The SMILES string of the molecule is O=C(CCC1CCCC1)N=C1S[C@@H]2CS(=O)(=O)C[C@@H]2N1Cc1ccc2c(c1)OCO2. The van der Waals surface area contributed by atoms with Gasteiger partial charge in [-0.05, 0) is 30.0 Å². The van der Waals surface area contributed by atoms with E-state index in [2.05, 4.69) is 4.99 Å². The second-order valence-electron chi connectivity index (χ2n) is 8.59. The maximum Gasteiger partial charge on any atom is 0.248 e. The molecule has 0 N–H and O–H groups in total. The number of aliphatic imine (C=N–C) groups is 1. The summed E-state index contributed by atoms with van der Waals surface area (Å²) in [6.45, 7) is 0.707. The Hall–Kier alpha value is -1.74. The standard InChI is InChI=1S/C21H26N2O5S2/c24-20(8-6-14-3-1-2-4-14)22-21-23(16-11-30(25,26)12-19(16)29-21)10-15-5-7-17-18(9-15)28-13-27-17/h5,7,9,14,16,19H,1-4,6,8,10-13H2/t16-,19+/m0/s1. The molecule has 2 saturated heterocycles. The third-order valence-corrected chi connectivity index (χ3v) is 9.67. The molecule has 3 fully saturated rings. The minimum absolute atomic E-state index is 0.0645. The van der Waals surface area contributed by atoms with Crippen molar-refractivity contribution < 1.29 is 22.7 Å². The maximum absolute atomic E-state index is 12.6. The van der Waals surface area contributed by atoms with Crippen LogP contribution < -0.4 is 9.47 Å². The Kier molecular flexibility index (Phi) is 5.43. The van der Waals surface area contributed by atoms with Gasteiger partial charge in [0.15, 0.2) is 26.5 Å². The molecule has 1 saturated carbocycles. The van der Waals surface area contributed by atoms with Crippen LogP contribution in [0.25, 0.3) is 0 Å². The summed E-state index contributed by atoms with van der Waals surface area (Å²) in [5, 5.41) is 0.597. The highest BCUT2D eigenvalue weighted by atomic mass is 32.2. The van der Waals surface area contributed by atoms with Crippen LogP contribution in [0.5, 0.6) is 11.5 Å². The van der Waals surface area contributed by atoms with E-state index in [0.717, 1.165) is 12.0 Å². The Balaban J connectivity index is 1.33. The third kappa shape index (κ3) is 4.19. The molecule has 162 valence electrons. The van der Waals surface area contributed by atoms with E-state index in [4.69, 9.17) is 9.47 Å². The van der Waals surface area contributed by atoms with Gasteiger partial charge in [0.25, 0.3) is 0 Å². The molecule has 1 aromatic rings. The Morgan fingerprint density at radius 2 is 1.97 bits per heavy atom. The summed E-state index contributed by atoms with van der Waals surface area (Å²) in [5.74, 6) is 2.23. The van der Waals surface area contributed by atoms with Gasteiger partial charge in [0.1, 0.15) is 0 Å². The molecule has 4 aliphatic rings. The summed E-state index contributed by atoms with van der Waals surface area (Å²) >= 11 is 1.44. The van der Waals surface area contributed by atoms with Crippen LogP contribution in [0, 0.1) is 5.92 Å². The van der Waals surface area contributed by atoms with Gasteiger partial charge in [0.05, 0.1) is 17.5 Å². The number of amides is 1. The summed E-state index contributed by atoms with van der Waals surface area (Å²) in [5.41, 5.74) is 0.982. The van der Waals surface area contributed by atoms with Crippen LogP contribution >= 0.6 is 11.8 Å². The summed E-state index contributed by atoms with van der Waals surface area (Å²) in [6.07, 6.45) is 6.35. The molecule has 0 spiro atoms. The molecule has 1 aliphatic carbocycles. The second kappa shape index (κ2) is 8.07. The molecule has 0 radical (unpaired) electrons. The maximum atomic E-state index is 12.6. The number of hydrogen-bond donors (Lipinski definition) is 0. The van der Waals surface area contributed by atoms with Gasteiger partial charge < -0.3 is 14.4 Å². The smallest absolute Gasteiger partial charge is 0.248 e. The van der Waals surface area contributed by atoms with Crippen LogP contribution in [-0.4, -0.2) is 54.0 Å². The van der Waals surface area contributed by atoms with Crippen LogP contribution in [0.4, 0.5) is 0 Å². The van der Waals surface area contributed by atoms with E-state index in [1.54, 1.807) is 0 Å². The van der Waals surface area contributed by atoms with E-state index in [1.807, 2.05) is 23.1 Å². The average Bonchev–Trinajstić information content (AvgIpc) is 3.46. The molecule has 9 heteroatoms. The van der Waals surface area contributed by atoms with Crippen LogP contribution in [0.1, 0.15) is 44.1 Å². The number of hydrogen-bond acceptors (Lipinski definition) is 6. The number of nitrogens with zero attached hydrogens (tertiary/aromatic N) is 2. The van der Waals surface area contributed by atoms with Gasteiger partial charge in [-0.15, -0.1) is 0 Å². The average molecular weight is 451 g/mol. The second-order valence-corrected chi connectivity index (χ2v) is 12.0. The van der Waals surface area contributed by atoms with Gasteiger partial charge in [-0.1, -0.05) is 43.5 Å². The largest absolute Gasteiger partial charge is 0.454 e. The fourth-order valence-corrected chi connectivity index (χ4v) is 8.81. The lowest BCUT2D eigenvalue weighted by atomic mass is 10.0. The number of rotatable bonds is 5.